The zero-order valence-electron chi connectivity index (χ0n) is 14.2. The van der Waals surface area contributed by atoms with Crippen LogP contribution in [0.5, 0.6) is 0 Å². The van der Waals surface area contributed by atoms with E-state index in [1.54, 1.807) is 0 Å². The van der Waals surface area contributed by atoms with E-state index in [0.717, 1.165) is 12.8 Å². The average Bonchev–Trinajstić information content (AvgIpc) is 2.49. The van der Waals surface area contributed by atoms with Gasteiger partial charge in [-0.05, 0) is 19.3 Å². The molecule has 0 rings (SSSR count). The van der Waals surface area contributed by atoms with E-state index in [4.69, 9.17) is 5.11 Å². The fourth-order valence-electron chi connectivity index (χ4n) is 2.63. The molecule has 0 aliphatic rings. The minimum absolute atomic E-state index is 0.330. The second kappa shape index (κ2) is 16.3. The lowest BCUT2D eigenvalue weighted by Gasteiger charge is -2.16. The van der Waals surface area contributed by atoms with E-state index >= 15 is 0 Å². The topological polar surface area (TPSA) is 37.3 Å². The van der Waals surface area contributed by atoms with Crippen molar-refractivity contribution < 1.29 is 9.90 Å². The van der Waals surface area contributed by atoms with Crippen LogP contribution in [0, 0.1) is 0 Å². The van der Waals surface area contributed by atoms with Gasteiger partial charge >= 0.3 is 5.97 Å². The van der Waals surface area contributed by atoms with Crippen LogP contribution >= 0.6 is 31.9 Å². The van der Waals surface area contributed by atoms with Gasteiger partial charge < -0.3 is 5.11 Å². The summed E-state index contributed by atoms with van der Waals surface area (Å²) in [5, 5.41) is 8.56. The van der Waals surface area contributed by atoms with Gasteiger partial charge in [0.2, 0.25) is 0 Å². The fraction of sp³-hybridized carbons (Fsp3) is 0.944. The Morgan fingerprint density at radius 2 is 1.18 bits per heavy atom. The van der Waals surface area contributed by atoms with Crippen LogP contribution in [0.2, 0.25) is 0 Å². The molecule has 0 aromatic carbocycles. The van der Waals surface area contributed by atoms with E-state index in [1.165, 1.54) is 70.6 Å². The number of rotatable bonds is 16. The van der Waals surface area contributed by atoms with Gasteiger partial charge in [-0.15, -0.1) is 0 Å². The standard InChI is InChI=1S/C18H34Br2O2/c1-2-3-4-10-13-16(19)17(20)14-11-8-6-5-7-9-12-15-18(21)22/h16-17H,2-15H2,1H3,(H,21,22). The monoisotopic (exact) mass is 440 g/mol. The second-order valence-corrected chi connectivity index (χ2v) is 8.64. The molecule has 0 heterocycles. The molecule has 1 N–H and O–H groups in total. The van der Waals surface area contributed by atoms with Crippen LogP contribution in [-0.4, -0.2) is 20.7 Å². The van der Waals surface area contributed by atoms with Crippen molar-refractivity contribution in [3.05, 3.63) is 0 Å². The number of aliphatic carboxylic acids is 1. The summed E-state index contributed by atoms with van der Waals surface area (Å²) in [4.78, 5) is 11.6. The Labute approximate surface area is 154 Å². The summed E-state index contributed by atoms with van der Waals surface area (Å²) in [6.45, 7) is 2.26. The number of alkyl halides is 2. The number of carboxylic acid groups (broad SMARTS) is 1. The molecule has 0 fully saturated rings. The molecule has 0 bridgehead atoms. The van der Waals surface area contributed by atoms with Gasteiger partial charge in [0.25, 0.3) is 0 Å². The molecule has 0 aromatic heterocycles. The van der Waals surface area contributed by atoms with E-state index in [9.17, 15) is 4.79 Å². The van der Waals surface area contributed by atoms with Crippen molar-refractivity contribution in [2.24, 2.45) is 0 Å². The molecule has 0 aromatic rings. The predicted octanol–water partition coefficient (Wildman–Crippen LogP) is 7.08. The average molecular weight is 442 g/mol. The van der Waals surface area contributed by atoms with Crippen LogP contribution in [-0.2, 0) is 4.79 Å². The zero-order valence-corrected chi connectivity index (χ0v) is 17.3. The second-order valence-electron chi connectivity index (χ2n) is 6.29. The van der Waals surface area contributed by atoms with Gasteiger partial charge in [-0.2, -0.15) is 0 Å². The van der Waals surface area contributed by atoms with Gasteiger partial charge in [0.05, 0.1) is 0 Å². The summed E-state index contributed by atoms with van der Waals surface area (Å²) < 4.78 is 0. The Hall–Kier alpha value is 0.430. The number of carboxylic acids is 1. The first kappa shape index (κ1) is 22.4. The van der Waals surface area contributed by atoms with E-state index < -0.39 is 5.97 Å². The molecular weight excluding hydrogens is 408 g/mol. The Morgan fingerprint density at radius 1 is 0.773 bits per heavy atom. The van der Waals surface area contributed by atoms with Gasteiger partial charge in [0.15, 0.2) is 0 Å². The summed E-state index contributed by atoms with van der Waals surface area (Å²) in [5.41, 5.74) is 0. The summed E-state index contributed by atoms with van der Waals surface area (Å²) in [6, 6.07) is 0. The quantitative estimate of drug-likeness (QED) is 0.205. The van der Waals surface area contributed by atoms with Crippen molar-refractivity contribution in [3.63, 3.8) is 0 Å². The van der Waals surface area contributed by atoms with E-state index in [1.807, 2.05) is 0 Å². The van der Waals surface area contributed by atoms with E-state index in [0.29, 0.717) is 16.1 Å². The molecule has 2 atom stereocenters. The van der Waals surface area contributed by atoms with Crippen molar-refractivity contribution in [1.29, 1.82) is 0 Å². The van der Waals surface area contributed by atoms with Crippen molar-refractivity contribution in [1.82, 2.24) is 0 Å². The molecule has 0 spiro atoms. The summed E-state index contributed by atoms with van der Waals surface area (Å²) in [6.07, 6.45) is 16.4. The molecule has 0 aliphatic heterocycles. The van der Waals surface area contributed by atoms with Gasteiger partial charge in [0.1, 0.15) is 0 Å². The van der Waals surface area contributed by atoms with Crippen LogP contribution in [0.1, 0.15) is 96.8 Å². The highest BCUT2D eigenvalue weighted by atomic mass is 79.9. The van der Waals surface area contributed by atoms with Crippen molar-refractivity contribution in [2.75, 3.05) is 0 Å². The molecule has 0 radical (unpaired) electrons. The van der Waals surface area contributed by atoms with Crippen molar-refractivity contribution >= 4 is 37.8 Å². The van der Waals surface area contributed by atoms with Crippen molar-refractivity contribution in [3.8, 4) is 0 Å². The molecule has 22 heavy (non-hydrogen) atoms. The predicted molar refractivity (Wildman–Crippen MR) is 103 cm³/mol. The van der Waals surface area contributed by atoms with Crippen LogP contribution in [0.15, 0.2) is 0 Å². The third-order valence-electron chi connectivity index (χ3n) is 4.10. The lowest BCUT2D eigenvalue weighted by atomic mass is 10.0. The highest BCUT2D eigenvalue weighted by molar-refractivity contribution is 9.12. The smallest absolute Gasteiger partial charge is 0.303 e. The van der Waals surface area contributed by atoms with Crippen LogP contribution in [0.4, 0.5) is 0 Å². The molecular formula is C18H34Br2O2. The Bertz CT molecular complexity index is 259. The zero-order chi connectivity index (χ0) is 16.6. The SMILES string of the molecule is CCCCCCC(Br)C(Br)CCCCCCCCCC(=O)O. The minimum Gasteiger partial charge on any atom is -0.481 e. The third kappa shape index (κ3) is 15.3. The van der Waals surface area contributed by atoms with Gasteiger partial charge in [-0.25, -0.2) is 0 Å². The van der Waals surface area contributed by atoms with Gasteiger partial charge in [-0.3, -0.25) is 4.79 Å². The number of carbonyl (C=O) groups is 1. The minimum atomic E-state index is -0.664. The normalized spacial score (nSPS) is 14.0. The van der Waals surface area contributed by atoms with Crippen LogP contribution in [0.25, 0.3) is 0 Å². The Balaban J connectivity index is 3.33. The van der Waals surface area contributed by atoms with Crippen molar-refractivity contribution in [2.45, 2.75) is 106 Å². The molecule has 0 saturated carbocycles. The van der Waals surface area contributed by atoms with E-state index in [-0.39, 0.29) is 0 Å². The molecule has 2 nitrogen and oxygen atoms in total. The van der Waals surface area contributed by atoms with Crippen LogP contribution < -0.4 is 0 Å². The molecule has 0 amide bonds. The maximum absolute atomic E-state index is 10.4. The number of hydrogen-bond acceptors (Lipinski definition) is 1. The molecule has 0 saturated heterocycles. The lowest BCUT2D eigenvalue weighted by molar-refractivity contribution is -0.137. The first-order valence-corrected chi connectivity index (χ1v) is 10.9. The molecule has 0 aliphatic carbocycles. The van der Waals surface area contributed by atoms with E-state index in [2.05, 4.69) is 38.8 Å². The Kier molecular flexibility index (Phi) is 16.6. The maximum Gasteiger partial charge on any atom is 0.303 e. The molecule has 2 unspecified atom stereocenters. The maximum atomic E-state index is 10.4. The first-order chi connectivity index (χ1) is 10.6. The summed E-state index contributed by atoms with van der Waals surface area (Å²) >= 11 is 7.65. The van der Waals surface area contributed by atoms with Crippen LogP contribution in [0.3, 0.4) is 0 Å². The summed E-state index contributed by atoms with van der Waals surface area (Å²) in [5.74, 6) is -0.664. The molecule has 132 valence electrons. The highest BCUT2D eigenvalue weighted by Crippen LogP contribution is 2.25. The number of halogens is 2. The summed E-state index contributed by atoms with van der Waals surface area (Å²) in [7, 11) is 0. The first-order valence-electron chi connectivity index (χ1n) is 9.07. The lowest BCUT2D eigenvalue weighted by Crippen LogP contribution is -2.13. The van der Waals surface area contributed by atoms with Gasteiger partial charge in [0, 0.05) is 16.1 Å². The van der Waals surface area contributed by atoms with Gasteiger partial charge in [-0.1, -0.05) is 103 Å². The molecule has 4 heteroatoms. The Morgan fingerprint density at radius 3 is 1.64 bits per heavy atom. The number of unbranched alkanes of at least 4 members (excludes halogenated alkanes) is 9. The fourth-order valence-corrected chi connectivity index (χ4v) is 3.80. The third-order valence-corrected chi connectivity index (χ3v) is 7.00. The number of hydrogen-bond donors (Lipinski definition) is 1. The highest BCUT2D eigenvalue weighted by Gasteiger charge is 2.14. The largest absolute Gasteiger partial charge is 0.481 e.